The minimum atomic E-state index is 0.0850. The normalized spacial score (nSPS) is 13.7. The van der Waals surface area contributed by atoms with Crippen molar-refractivity contribution in [3.05, 3.63) is 238 Å². The van der Waals surface area contributed by atoms with Crippen LogP contribution in [0.3, 0.4) is 0 Å². The van der Waals surface area contributed by atoms with Crippen LogP contribution in [-0.4, -0.2) is 93.1 Å². The molecule has 0 atom stereocenters. The lowest BCUT2D eigenvalue weighted by molar-refractivity contribution is 0.0634. The van der Waals surface area contributed by atoms with Gasteiger partial charge in [-0.25, -0.2) is 0 Å². The third kappa shape index (κ3) is 14.5. The number of likely N-dealkylation sites (tertiary alicyclic amines) is 1. The zero-order valence-electron chi connectivity index (χ0n) is 47.5. The largest absolute Gasteiger partial charge is 0.334 e. The minimum Gasteiger partial charge on any atom is -0.334 e. The van der Waals surface area contributed by atoms with Gasteiger partial charge in [0.05, 0.1) is 11.0 Å². The highest BCUT2D eigenvalue weighted by Gasteiger charge is 2.26. The second kappa shape index (κ2) is 27.6. The molecule has 4 heterocycles. The molecule has 0 aliphatic carbocycles. The number of benzene rings is 6. The Morgan fingerprint density at radius 2 is 0.873 bits per heavy atom. The van der Waals surface area contributed by atoms with E-state index in [4.69, 9.17) is 9.97 Å². The van der Waals surface area contributed by atoms with Gasteiger partial charge in [0.15, 0.2) is 0 Å². The number of aldehydes is 1. The fourth-order valence-corrected chi connectivity index (χ4v) is 11.3. The molecule has 0 radical (unpaired) electrons. The van der Waals surface area contributed by atoms with Gasteiger partial charge in [0.1, 0.15) is 6.29 Å². The van der Waals surface area contributed by atoms with Gasteiger partial charge in [-0.1, -0.05) is 145 Å². The summed E-state index contributed by atoms with van der Waals surface area (Å²) in [5.74, 6) is 0.172. The van der Waals surface area contributed by atoms with Gasteiger partial charge in [-0.2, -0.15) is 0 Å². The zero-order valence-corrected chi connectivity index (χ0v) is 47.5. The van der Waals surface area contributed by atoms with Crippen molar-refractivity contribution < 1.29 is 14.4 Å². The maximum atomic E-state index is 13.3. The molecular formula is C70H78N6O3. The lowest BCUT2D eigenvalue weighted by Crippen LogP contribution is -2.42. The van der Waals surface area contributed by atoms with Gasteiger partial charge in [0.25, 0.3) is 11.8 Å². The predicted molar refractivity (Wildman–Crippen MR) is 326 cm³/mol. The van der Waals surface area contributed by atoms with Gasteiger partial charge in [-0.05, 0) is 158 Å². The third-order valence-corrected chi connectivity index (χ3v) is 14.9. The summed E-state index contributed by atoms with van der Waals surface area (Å²) in [7, 11) is 0. The number of nitrogens with zero attached hydrogens (tertiary/aromatic N) is 5. The zero-order chi connectivity index (χ0) is 55.8. The molecule has 2 saturated heterocycles. The number of aromatic nitrogens is 2. The second-order valence-electron chi connectivity index (χ2n) is 21.7. The molecule has 1 N–H and O–H groups in total. The van der Waals surface area contributed by atoms with Crippen LogP contribution in [0.2, 0.25) is 0 Å². The highest BCUT2D eigenvalue weighted by atomic mass is 16.2. The average Bonchev–Trinajstić information content (AvgIpc) is 3.47. The van der Waals surface area contributed by atoms with Crippen LogP contribution < -0.4 is 5.32 Å². The first-order chi connectivity index (χ1) is 38.3. The van der Waals surface area contributed by atoms with Gasteiger partial charge in [0, 0.05) is 94.8 Å². The fraction of sp³-hybridized carbons (Fsp3) is 0.300. The number of piperidine rings is 2. The van der Waals surface area contributed by atoms with Crippen LogP contribution >= 0.6 is 0 Å². The van der Waals surface area contributed by atoms with Gasteiger partial charge in [0.2, 0.25) is 0 Å². The lowest BCUT2D eigenvalue weighted by atomic mass is 9.87. The van der Waals surface area contributed by atoms with E-state index in [9.17, 15) is 14.4 Å². The second-order valence-corrected chi connectivity index (χ2v) is 21.7. The SMILES string of the molecule is CC(C)N(C(=O)c1ccc(C(=C2CCN(Cc3ccccc3)CC2)c2cccc3cccnc23)cc1)C(C)C.CC(C)N(C(=O)c1ccc(C(=C2CCNCC2)c2cccc3cccnc23)cc1)C(C)C.O=Cc1ccccc1. The summed E-state index contributed by atoms with van der Waals surface area (Å²) >= 11 is 0. The van der Waals surface area contributed by atoms with Crippen LogP contribution in [0.5, 0.6) is 0 Å². The van der Waals surface area contributed by atoms with E-state index in [0.29, 0.717) is 0 Å². The van der Waals surface area contributed by atoms with E-state index < -0.39 is 0 Å². The quantitative estimate of drug-likeness (QED) is 0.115. The number of carbonyl (C=O) groups excluding carboxylic acids is 3. The molecule has 2 amide bonds. The first kappa shape index (κ1) is 57.3. The van der Waals surface area contributed by atoms with E-state index in [-0.39, 0.29) is 36.0 Å². The molecule has 10 rings (SSSR count). The molecule has 2 aliphatic rings. The number of carbonyl (C=O) groups is 3. The molecule has 0 saturated carbocycles. The molecule has 2 fully saturated rings. The highest BCUT2D eigenvalue weighted by Crippen LogP contribution is 2.37. The van der Waals surface area contributed by atoms with Crippen LogP contribution in [0.1, 0.15) is 140 Å². The van der Waals surface area contributed by atoms with Gasteiger partial charge in [-0.15, -0.1) is 0 Å². The van der Waals surface area contributed by atoms with E-state index in [1.807, 2.05) is 76.8 Å². The molecule has 0 spiro atoms. The average molecular weight is 1050 g/mol. The van der Waals surface area contributed by atoms with Crippen LogP contribution in [0, 0.1) is 0 Å². The van der Waals surface area contributed by atoms with Crippen LogP contribution in [0.15, 0.2) is 193 Å². The monoisotopic (exact) mass is 1050 g/mol. The number of nitrogens with one attached hydrogen (secondary N) is 1. The van der Waals surface area contributed by atoms with E-state index in [2.05, 4.69) is 169 Å². The highest BCUT2D eigenvalue weighted by molar-refractivity contribution is 6.00. The Hall–Kier alpha value is -7.85. The van der Waals surface area contributed by atoms with E-state index in [1.165, 1.54) is 39.0 Å². The molecule has 79 heavy (non-hydrogen) atoms. The summed E-state index contributed by atoms with van der Waals surface area (Å²) < 4.78 is 0. The van der Waals surface area contributed by atoms with Crippen molar-refractivity contribution in [1.29, 1.82) is 0 Å². The Balaban J connectivity index is 0.000000185. The van der Waals surface area contributed by atoms with Gasteiger partial charge >= 0.3 is 0 Å². The molecule has 0 bridgehead atoms. The number of fused-ring (bicyclic) bond motifs is 2. The standard InChI is InChI=1S/C35H39N3O.C28H33N3O.C7H6O/c1-25(2)38(26(3)4)35(39)31-17-15-28(16-18-31)33(32-14-8-12-30-13-9-21-36-34(30)32)29-19-22-37(23-20-29)24-27-10-6-5-7-11-27;1-19(2)31(20(3)4)28(32)24-12-10-21(11-13-24)26(22-14-17-29-18-15-22)25-9-5-7-23-8-6-16-30-27(23)25;8-6-7-4-2-1-3-5-7/h5-18,21,25-26H,19-20,22-24H2,1-4H3;5-13,16,19-20,29H,14-15,17-18H2,1-4H3;1-6H. The molecule has 9 nitrogen and oxygen atoms in total. The number of hydrogen-bond acceptors (Lipinski definition) is 7. The maximum Gasteiger partial charge on any atom is 0.254 e. The Morgan fingerprint density at radius 3 is 1.28 bits per heavy atom. The molecule has 6 aromatic carbocycles. The van der Waals surface area contributed by atoms with Crippen LogP contribution in [-0.2, 0) is 6.54 Å². The minimum absolute atomic E-state index is 0.0850. The summed E-state index contributed by atoms with van der Waals surface area (Å²) in [6.07, 6.45) is 8.65. The topological polar surface area (TPSA) is 98.7 Å². The Kier molecular flexibility index (Phi) is 20.1. The Morgan fingerprint density at radius 1 is 0.481 bits per heavy atom. The lowest BCUT2D eigenvalue weighted by Gasteiger charge is -2.31. The number of rotatable bonds is 13. The van der Waals surface area contributed by atoms with Crippen molar-refractivity contribution >= 4 is 51.1 Å². The third-order valence-electron chi connectivity index (χ3n) is 14.9. The Bertz CT molecular complexity index is 3320. The molecular weight excluding hydrogens is 973 g/mol. The van der Waals surface area contributed by atoms with Crippen molar-refractivity contribution in [3.63, 3.8) is 0 Å². The predicted octanol–water partition coefficient (Wildman–Crippen LogP) is 14.8. The van der Waals surface area contributed by atoms with E-state index in [1.54, 1.807) is 12.1 Å². The summed E-state index contributed by atoms with van der Waals surface area (Å²) in [6.45, 7) is 21.6. The van der Waals surface area contributed by atoms with E-state index >= 15 is 0 Å². The summed E-state index contributed by atoms with van der Waals surface area (Å²) in [4.78, 5) is 52.5. The summed E-state index contributed by atoms with van der Waals surface area (Å²) in [6, 6.07) is 58.0. The molecule has 2 aromatic heterocycles. The molecule has 2 aliphatic heterocycles. The van der Waals surface area contributed by atoms with Crippen molar-refractivity contribution in [1.82, 2.24) is 30.0 Å². The van der Waals surface area contributed by atoms with Crippen molar-refractivity contribution in [2.75, 3.05) is 26.2 Å². The number of amides is 2. The molecule has 9 heteroatoms. The smallest absolute Gasteiger partial charge is 0.254 e. The van der Waals surface area contributed by atoms with Gasteiger partial charge < -0.3 is 15.1 Å². The number of para-hydroxylation sites is 2. The summed E-state index contributed by atoms with van der Waals surface area (Å²) in [5, 5.41) is 5.76. The van der Waals surface area contributed by atoms with Crippen molar-refractivity contribution in [3.8, 4) is 0 Å². The fourth-order valence-electron chi connectivity index (χ4n) is 11.3. The Labute approximate surface area is 469 Å². The summed E-state index contributed by atoms with van der Waals surface area (Å²) in [5.41, 5.74) is 15.7. The molecule has 0 unspecified atom stereocenters. The van der Waals surface area contributed by atoms with Crippen molar-refractivity contribution in [2.45, 2.75) is 112 Å². The number of pyridine rings is 2. The van der Waals surface area contributed by atoms with Crippen LogP contribution in [0.25, 0.3) is 33.0 Å². The molecule has 8 aromatic rings. The molecule has 406 valence electrons. The van der Waals surface area contributed by atoms with Gasteiger partial charge in [-0.3, -0.25) is 29.3 Å². The van der Waals surface area contributed by atoms with Crippen LogP contribution in [0.4, 0.5) is 0 Å². The first-order valence-corrected chi connectivity index (χ1v) is 28.3. The maximum absolute atomic E-state index is 13.3. The number of hydrogen-bond donors (Lipinski definition) is 1. The van der Waals surface area contributed by atoms with E-state index in [0.717, 1.165) is 114 Å². The first-order valence-electron chi connectivity index (χ1n) is 28.3. The van der Waals surface area contributed by atoms with Crippen molar-refractivity contribution in [2.24, 2.45) is 0 Å².